The van der Waals surface area contributed by atoms with Gasteiger partial charge in [-0.3, -0.25) is 10.1 Å². The number of nitro groups is 1. The number of nitrogens with zero attached hydrogens (tertiary/aromatic N) is 2. The van der Waals surface area contributed by atoms with Gasteiger partial charge in [0.1, 0.15) is 6.07 Å². The fraction of sp³-hybridized carbons (Fsp3) is 0.500. The van der Waals surface area contributed by atoms with Crippen molar-refractivity contribution in [2.75, 3.05) is 5.32 Å². The summed E-state index contributed by atoms with van der Waals surface area (Å²) in [6.45, 7) is 2.23. The lowest BCUT2D eigenvalue weighted by molar-refractivity contribution is -0.384. The summed E-state index contributed by atoms with van der Waals surface area (Å²) in [5, 5.41) is 23.1. The van der Waals surface area contributed by atoms with Crippen LogP contribution in [-0.2, 0) is 0 Å². The largest absolute Gasteiger partial charge is 0.381 e. The number of non-ortho nitro benzene ring substituents is 1. The minimum Gasteiger partial charge on any atom is -0.381 e. The standard InChI is InChI=1S/C14H17N3O2/c1-10-3-2-4-12(7-10)16-14-6-5-13(17(18)19)8-11(14)9-15/h5-6,8,10,12,16H,2-4,7H2,1H3. The minimum absolute atomic E-state index is 0.0425. The summed E-state index contributed by atoms with van der Waals surface area (Å²) in [6.07, 6.45) is 4.62. The van der Waals surface area contributed by atoms with Gasteiger partial charge >= 0.3 is 0 Å². The highest BCUT2D eigenvalue weighted by atomic mass is 16.6. The Morgan fingerprint density at radius 1 is 1.47 bits per heavy atom. The summed E-state index contributed by atoms with van der Waals surface area (Å²) in [5.74, 6) is 0.690. The lowest BCUT2D eigenvalue weighted by Gasteiger charge is -2.28. The average molecular weight is 259 g/mol. The predicted octanol–water partition coefficient (Wildman–Crippen LogP) is 3.46. The van der Waals surface area contributed by atoms with Crippen molar-refractivity contribution in [3.05, 3.63) is 33.9 Å². The Hall–Kier alpha value is -2.09. The van der Waals surface area contributed by atoms with E-state index in [9.17, 15) is 10.1 Å². The number of nitro benzene ring substituents is 1. The molecule has 2 atom stereocenters. The van der Waals surface area contributed by atoms with Gasteiger partial charge in [0.2, 0.25) is 0 Å². The third-order valence-electron chi connectivity index (χ3n) is 3.63. The zero-order valence-electron chi connectivity index (χ0n) is 10.9. The van der Waals surface area contributed by atoms with Crippen molar-refractivity contribution >= 4 is 11.4 Å². The zero-order valence-corrected chi connectivity index (χ0v) is 10.9. The molecule has 5 nitrogen and oxygen atoms in total. The Kier molecular flexibility index (Phi) is 4.00. The van der Waals surface area contributed by atoms with Crippen LogP contribution in [0.4, 0.5) is 11.4 Å². The van der Waals surface area contributed by atoms with Crippen LogP contribution < -0.4 is 5.32 Å². The topological polar surface area (TPSA) is 79.0 Å². The van der Waals surface area contributed by atoms with Crippen LogP contribution in [0, 0.1) is 27.4 Å². The Bertz CT molecular complexity index is 522. The highest BCUT2D eigenvalue weighted by Gasteiger charge is 2.20. The van der Waals surface area contributed by atoms with Crippen molar-refractivity contribution in [1.29, 1.82) is 5.26 Å². The third kappa shape index (κ3) is 3.22. The van der Waals surface area contributed by atoms with E-state index in [0.29, 0.717) is 23.2 Å². The van der Waals surface area contributed by atoms with E-state index in [1.165, 1.54) is 25.0 Å². The Morgan fingerprint density at radius 3 is 2.89 bits per heavy atom. The molecule has 1 N–H and O–H groups in total. The van der Waals surface area contributed by atoms with Gasteiger partial charge in [0.25, 0.3) is 5.69 Å². The van der Waals surface area contributed by atoms with Crippen LogP contribution in [0.15, 0.2) is 18.2 Å². The minimum atomic E-state index is -0.479. The van der Waals surface area contributed by atoms with E-state index in [1.54, 1.807) is 6.07 Å². The maximum absolute atomic E-state index is 10.7. The molecule has 0 amide bonds. The maximum atomic E-state index is 10.7. The van der Waals surface area contributed by atoms with Gasteiger partial charge in [-0.05, 0) is 24.8 Å². The molecule has 0 aliphatic heterocycles. The van der Waals surface area contributed by atoms with E-state index in [1.807, 2.05) is 6.07 Å². The zero-order chi connectivity index (χ0) is 13.8. The molecule has 1 aromatic rings. The van der Waals surface area contributed by atoms with E-state index in [0.717, 1.165) is 12.8 Å². The number of hydrogen-bond acceptors (Lipinski definition) is 4. The molecule has 1 fully saturated rings. The molecule has 0 spiro atoms. The molecule has 1 aliphatic rings. The molecule has 2 rings (SSSR count). The summed E-state index contributed by atoms with van der Waals surface area (Å²) >= 11 is 0. The number of benzene rings is 1. The van der Waals surface area contributed by atoms with E-state index < -0.39 is 4.92 Å². The number of anilines is 1. The van der Waals surface area contributed by atoms with Crippen molar-refractivity contribution in [2.24, 2.45) is 5.92 Å². The van der Waals surface area contributed by atoms with Gasteiger partial charge < -0.3 is 5.32 Å². The SMILES string of the molecule is CC1CCCC(Nc2ccc([N+](=O)[O-])cc2C#N)C1. The van der Waals surface area contributed by atoms with Gasteiger partial charge in [0.15, 0.2) is 0 Å². The number of nitriles is 1. The third-order valence-corrected chi connectivity index (χ3v) is 3.63. The first-order chi connectivity index (χ1) is 9.10. The number of rotatable bonds is 3. The van der Waals surface area contributed by atoms with Gasteiger partial charge in [-0.25, -0.2) is 0 Å². The first kappa shape index (κ1) is 13.3. The van der Waals surface area contributed by atoms with Gasteiger partial charge in [-0.15, -0.1) is 0 Å². The summed E-state index contributed by atoms with van der Waals surface area (Å²) < 4.78 is 0. The summed E-state index contributed by atoms with van der Waals surface area (Å²) in [4.78, 5) is 10.2. The van der Waals surface area contributed by atoms with Crippen molar-refractivity contribution in [3.63, 3.8) is 0 Å². The fourth-order valence-corrected chi connectivity index (χ4v) is 2.65. The van der Waals surface area contributed by atoms with Crippen molar-refractivity contribution in [3.8, 4) is 6.07 Å². The number of hydrogen-bond donors (Lipinski definition) is 1. The normalized spacial score (nSPS) is 22.5. The lowest BCUT2D eigenvalue weighted by atomic mass is 9.87. The smallest absolute Gasteiger partial charge is 0.270 e. The first-order valence-corrected chi connectivity index (χ1v) is 6.55. The van der Waals surface area contributed by atoms with E-state index in [-0.39, 0.29) is 5.69 Å². The molecule has 0 bridgehead atoms. The molecule has 0 aromatic heterocycles. The van der Waals surface area contributed by atoms with Gasteiger partial charge in [0.05, 0.1) is 16.2 Å². The average Bonchev–Trinajstić information content (AvgIpc) is 2.39. The Balaban J connectivity index is 2.16. The summed E-state index contributed by atoms with van der Waals surface area (Å²) in [7, 11) is 0. The van der Waals surface area contributed by atoms with E-state index in [4.69, 9.17) is 5.26 Å². The van der Waals surface area contributed by atoms with Crippen LogP contribution in [-0.4, -0.2) is 11.0 Å². The quantitative estimate of drug-likeness (QED) is 0.666. The highest BCUT2D eigenvalue weighted by Crippen LogP contribution is 2.28. The molecule has 0 radical (unpaired) electrons. The van der Waals surface area contributed by atoms with Crippen LogP contribution >= 0.6 is 0 Å². The summed E-state index contributed by atoms with van der Waals surface area (Å²) in [6, 6.07) is 6.79. The molecule has 0 saturated heterocycles. The number of nitrogens with one attached hydrogen (secondary N) is 1. The maximum Gasteiger partial charge on any atom is 0.270 e. The van der Waals surface area contributed by atoms with Gasteiger partial charge in [0, 0.05) is 18.2 Å². The first-order valence-electron chi connectivity index (χ1n) is 6.55. The molecule has 100 valence electrons. The Morgan fingerprint density at radius 2 is 2.26 bits per heavy atom. The van der Waals surface area contributed by atoms with Crippen LogP contribution in [0.25, 0.3) is 0 Å². The van der Waals surface area contributed by atoms with Gasteiger partial charge in [-0.2, -0.15) is 5.26 Å². The van der Waals surface area contributed by atoms with Crippen molar-refractivity contribution in [1.82, 2.24) is 0 Å². The molecule has 1 aromatic carbocycles. The molecule has 19 heavy (non-hydrogen) atoms. The fourth-order valence-electron chi connectivity index (χ4n) is 2.65. The van der Waals surface area contributed by atoms with Crippen LogP contribution in [0.5, 0.6) is 0 Å². The Labute approximate surface area is 112 Å². The van der Waals surface area contributed by atoms with Crippen LogP contribution in [0.2, 0.25) is 0 Å². The lowest BCUT2D eigenvalue weighted by Crippen LogP contribution is -2.26. The molecule has 0 heterocycles. The second kappa shape index (κ2) is 5.70. The van der Waals surface area contributed by atoms with Crippen LogP contribution in [0.1, 0.15) is 38.2 Å². The second-order valence-electron chi connectivity index (χ2n) is 5.21. The van der Waals surface area contributed by atoms with Crippen molar-refractivity contribution < 1.29 is 4.92 Å². The molecule has 1 saturated carbocycles. The molecule has 2 unspecified atom stereocenters. The molecule has 5 heteroatoms. The van der Waals surface area contributed by atoms with Crippen LogP contribution in [0.3, 0.4) is 0 Å². The van der Waals surface area contributed by atoms with E-state index >= 15 is 0 Å². The van der Waals surface area contributed by atoms with Gasteiger partial charge in [-0.1, -0.05) is 19.8 Å². The monoisotopic (exact) mass is 259 g/mol. The molecular weight excluding hydrogens is 242 g/mol. The van der Waals surface area contributed by atoms with E-state index in [2.05, 4.69) is 12.2 Å². The highest BCUT2D eigenvalue weighted by molar-refractivity contribution is 5.61. The predicted molar refractivity (Wildman–Crippen MR) is 72.9 cm³/mol. The second-order valence-corrected chi connectivity index (χ2v) is 5.21. The summed E-state index contributed by atoms with van der Waals surface area (Å²) in [5.41, 5.74) is 0.999. The molecule has 1 aliphatic carbocycles. The van der Waals surface area contributed by atoms with Crippen molar-refractivity contribution in [2.45, 2.75) is 38.6 Å². The molecular formula is C14H17N3O2.